The highest BCUT2D eigenvalue weighted by Crippen LogP contribution is 2.44. The highest BCUT2D eigenvalue weighted by atomic mass is 19.4. The van der Waals surface area contributed by atoms with Crippen LogP contribution in [-0.4, -0.2) is 109 Å². The van der Waals surface area contributed by atoms with Crippen LogP contribution < -0.4 is 25.3 Å². The van der Waals surface area contributed by atoms with E-state index in [2.05, 4.69) is 35.2 Å². The van der Waals surface area contributed by atoms with Crippen LogP contribution >= 0.6 is 0 Å². The molecule has 5 amide bonds. The van der Waals surface area contributed by atoms with Gasteiger partial charge in [0.1, 0.15) is 11.9 Å². The lowest BCUT2D eigenvalue weighted by Gasteiger charge is -2.55. The Labute approximate surface area is 357 Å². The van der Waals surface area contributed by atoms with E-state index in [1.165, 1.54) is 12.1 Å². The van der Waals surface area contributed by atoms with Crippen LogP contribution in [0.15, 0.2) is 54.7 Å². The summed E-state index contributed by atoms with van der Waals surface area (Å²) in [5.41, 5.74) is 1.77. The van der Waals surface area contributed by atoms with Crippen molar-refractivity contribution in [2.75, 3.05) is 78.9 Å². The van der Waals surface area contributed by atoms with Crippen molar-refractivity contribution in [3.05, 3.63) is 82.8 Å². The van der Waals surface area contributed by atoms with Gasteiger partial charge in [0.15, 0.2) is 5.69 Å². The monoisotopic (exact) mass is 851 g/mol. The second-order valence-electron chi connectivity index (χ2n) is 17.7. The van der Waals surface area contributed by atoms with Crippen molar-refractivity contribution in [2.24, 2.45) is 17.3 Å². The van der Waals surface area contributed by atoms with Crippen molar-refractivity contribution < 1.29 is 37.1 Å². The normalized spacial score (nSPS) is 22.4. The van der Waals surface area contributed by atoms with Gasteiger partial charge in [-0.1, -0.05) is 6.07 Å². The summed E-state index contributed by atoms with van der Waals surface area (Å²) in [6, 6.07) is 11.9. The van der Waals surface area contributed by atoms with Gasteiger partial charge >= 0.3 is 6.18 Å². The fourth-order valence-corrected chi connectivity index (χ4v) is 10.2. The molecule has 1 atom stereocenters. The molecular formula is C45H48F3N9O5. The fourth-order valence-electron chi connectivity index (χ4n) is 10.2. The summed E-state index contributed by atoms with van der Waals surface area (Å²) in [6.07, 6.45) is 2.74. The van der Waals surface area contributed by atoms with Crippen LogP contribution in [0.3, 0.4) is 0 Å². The van der Waals surface area contributed by atoms with E-state index in [9.17, 15) is 37.1 Å². The predicted molar refractivity (Wildman–Crippen MR) is 224 cm³/mol. The zero-order valence-corrected chi connectivity index (χ0v) is 34.3. The zero-order chi connectivity index (χ0) is 43.3. The van der Waals surface area contributed by atoms with Gasteiger partial charge in [-0.15, -0.1) is 0 Å². The number of likely N-dealkylation sites (tertiary alicyclic amines) is 1. The van der Waals surface area contributed by atoms with Gasteiger partial charge < -0.3 is 24.9 Å². The Morgan fingerprint density at radius 1 is 0.806 bits per heavy atom. The van der Waals surface area contributed by atoms with E-state index >= 15 is 0 Å². The molecule has 1 spiro atoms. The van der Waals surface area contributed by atoms with Gasteiger partial charge in [-0.3, -0.25) is 34.2 Å². The quantitative estimate of drug-likeness (QED) is 0.213. The molecule has 6 aliphatic heterocycles. The third kappa shape index (κ3) is 8.07. The van der Waals surface area contributed by atoms with Gasteiger partial charge in [0.25, 0.3) is 11.8 Å². The number of aromatic nitrogens is 1. The smallest absolute Gasteiger partial charge is 0.372 e. The maximum Gasteiger partial charge on any atom is 0.407 e. The number of benzene rings is 2. The van der Waals surface area contributed by atoms with Crippen molar-refractivity contribution in [3.8, 4) is 0 Å². The Morgan fingerprint density at radius 3 is 2.11 bits per heavy atom. The lowest BCUT2D eigenvalue weighted by molar-refractivity contribution is -0.137. The van der Waals surface area contributed by atoms with E-state index < -0.39 is 47.1 Å². The van der Waals surface area contributed by atoms with Gasteiger partial charge in [0.2, 0.25) is 17.7 Å². The summed E-state index contributed by atoms with van der Waals surface area (Å²) in [5.74, 6) is -1.35. The van der Waals surface area contributed by atoms with Gasteiger partial charge in [-0.25, -0.2) is 9.83 Å². The number of anilines is 4. The van der Waals surface area contributed by atoms with Crippen LogP contribution in [0.4, 0.5) is 41.7 Å². The second-order valence-corrected chi connectivity index (χ2v) is 17.7. The Bertz CT molecular complexity index is 2320. The molecule has 5 fully saturated rings. The maximum atomic E-state index is 13.5. The summed E-state index contributed by atoms with van der Waals surface area (Å²) in [5, 5.41) is 5.16. The molecule has 0 radical (unpaired) electrons. The van der Waals surface area contributed by atoms with Gasteiger partial charge in [-0.05, 0) is 106 Å². The summed E-state index contributed by atoms with van der Waals surface area (Å²) in [4.78, 5) is 81.2. The van der Waals surface area contributed by atoms with E-state index in [1.54, 1.807) is 18.3 Å². The standard InChI is InChI=1S/C45H48F3N9O5/c1-49-36-6-3-31(23-35(36)45(46,47)48)54-18-12-29(13-19-54)40(59)51-38-8-4-32(24-50-38)55-16-10-28(11-17-55)25-53-20-14-44(15-21-53)26-56(27-44)30-2-5-33-34(22-30)43(62)57(42(33)61)37-7-9-39(58)52-41(37)60/h2-6,8,22-24,28-29,37H,7,9-21,25-27H2,(H,50,51,59)(H,52,58,60). The molecule has 17 heteroatoms. The molecule has 2 aromatic carbocycles. The van der Waals surface area contributed by atoms with Crippen molar-refractivity contribution in [3.63, 3.8) is 0 Å². The number of hydrogen-bond donors (Lipinski definition) is 2. The molecule has 5 saturated heterocycles. The van der Waals surface area contributed by atoms with E-state index in [0.29, 0.717) is 54.5 Å². The van der Waals surface area contributed by atoms with Gasteiger partial charge in [-0.2, -0.15) is 13.2 Å². The largest absolute Gasteiger partial charge is 0.407 e. The van der Waals surface area contributed by atoms with Crippen LogP contribution in [0.2, 0.25) is 0 Å². The summed E-state index contributed by atoms with van der Waals surface area (Å²) < 4.78 is 40.5. The molecule has 324 valence electrons. The number of rotatable bonds is 8. The number of pyridine rings is 1. The molecule has 14 nitrogen and oxygen atoms in total. The molecule has 62 heavy (non-hydrogen) atoms. The number of halogens is 3. The van der Waals surface area contributed by atoms with Crippen molar-refractivity contribution in [2.45, 2.75) is 63.6 Å². The number of nitrogens with zero attached hydrogens (tertiary/aromatic N) is 7. The molecule has 6 aliphatic rings. The molecule has 2 N–H and O–H groups in total. The third-order valence-electron chi connectivity index (χ3n) is 13.9. The molecular weight excluding hydrogens is 804 g/mol. The number of imide groups is 2. The van der Waals surface area contributed by atoms with Gasteiger partial charge in [0, 0.05) is 74.9 Å². The first kappa shape index (κ1) is 41.3. The summed E-state index contributed by atoms with van der Waals surface area (Å²) in [6.45, 7) is 14.7. The molecule has 1 aromatic heterocycles. The number of fused-ring (bicyclic) bond motifs is 1. The number of alkyl halides is 3. The minimum absolute atomic E-state index is 0.0862. The third-order valence-corrected chi connectivity index (χ3v) is 13.9. The molecule has 0 saturated carbocycles. The average molecular weight is 852 g/mol. The first-order chi connectivity index (χ1) is 29.8. The maximum absolute atomic E-state index is 13.5. The lowest BCUT2D eigenvalue weighted by Crippen LogP contribution is -2.60. The van der Waals surface area contributed by atoms with E-state index in [0.717, 1.165) is 93.8 Å². The Morgan fingerprint density at radius 2 is 1.45 bits per heavy atom. The number of carbonyl (C=O) groups excluding carboxylic acids is 5. The molecule has 9 rings (SSSR count). The minimum Gasteiger partial charge on any atom is -0.372 e. The molecule has 0 bridgehead atoms. The summed E-state index contributed by atoms with van der Waals surface area (Å²) in [7, 11) is 0. The topological polar surface area (TPSA) is 143 Å². The van der Waals surface area contributed by atoms with Gasteiger partial charge in [0.05, 0.1) is 35.1 Å². The SMILES string of the molecule is [C-]#[N+]c1ccc(N2CCC(C(=O)Nc3ccc(N4CCC(CN5CCC6(CC5)CN(c5ccc7c(c5)C(=O)N(C5CCC(=O)NC5=O)C7=O)C6)CC4)cn3)CC2)cc1C(F)(F)F. The van der Waals surface area contributed by atoms with Crippen molar-refractivity contribution >= 4 is 58.1 Å². The Balaban J connectivity index is 0.691. The van der Waals surface area contributed by atoms with E-state index in [-0.39, 0.29) is 30.1 Å². The van der Waals surface area contributed by atoms with E-state index in [1.807, 2.05) is 23.1 Å². The predicted octanol–water partition coefficient (Wildman–Crippen LogP) is 5.73. The average Bonchev–Trinajstić information content (AvgIpc) is 3.50. The van der Waals surface area contributed by atoms with Crippen molar-refractivity contribution in [1.82, 2.24) is 20.1 Å². The zero-order valence-electron chi connectivity index (χ0n) is 34.3. The number of hydrogen-bond acceptors (Lipinski definition) is 10. The minimum atomic E-state index is -4.62. The molecule has 1 unspecified atom stereocenters. The first-order valence-electron chi connectivity index (χ1n) is 21.5. The summed E-state index contributed by atoms with van der Waals surface area (Å²) >= 11 is 0. The van der Waals surface area contributed by atoms with Crippen LogP contribution in [0.5, 0.6) is 0 Å². The molecule has 0 aliphatic carbocycles. The van der Waals surface area contributed by atoms with Crippen LogP contribution in [0, 0.1) is 23.8 Å². The number of amides is 5. The first-order valence-corrected chi connectivity index (χ1v) is 21.5. The lowest BCUT2D eigenvalue weighted by atomic mass is 9.71. The highest BCUT2D eigenvalue weighted by molar-refractivity contribution is 6.23. The van der Waals surface area contributed by atoms with Crippen LogP contribution in [0.1, 0.15) is 77.6 Å². The highest BCUT2D eigenvalue weighted by Gasteiger charge is 2.48. The molecule has 7 heterocycles. The Hall–Kier alpha value is -6.02. The number of carbonyl (C=O) groups is 5. The Kier molecular flexibility index (Phi) is 10.9. The number of piperidine rings is 4. The number of nitrogens with one attached hydrogen (secondary N) is 2. The fraction of sp³-hybridized carbons (Fsp3) is 0.489. The van der Waals surface area contributed by atoms with Crippen LogP contribution in [-0.2, 0) is 20.6 Å². The van der Waals surface area contributed by atoms with E-state index in [4.69, 9.17) is 6.57 Å². The second kappa shape index (κ2) is 16.4. The van der Waals surface area contributed by atoms with Crippen LogP contribution in [0.25, 0.3) is 4.85 Å². The molecule has 3 aromatic rings. The van der Waals surface area contributed by atoms with Crippen molar-refractivity contribution in [1.29, 1.82) is 0 Å².